The van der Waals surface area contributed by atoms with Gasteiger partial charge in [0, 0.05) is 12.6 Å². The van der Waals surface area contributed by atoms with Crippen LogP contribution in [0.1, 0.15) is 55.5 Å². The number of aromatic nitrogens is 3. The third-order valence-electron chi connectivity index (χ3n) is 3.41. The Labute approximate surface area is 102 Å². The molecule has 0 aliphatic heterocycles. The van der Waals surface area contributed by atoms with Gasteiger partial charge >= 0.3 is 0 Å². The van der Waals surface area contributed by atoms with Gasteiger partial charge in [-0.2, -0.15) is 0 Å². The summed E-state index contributed by atoms with van der Waals surface area (Å²) in [6.45, 7) is 4.56. The Balaban J connectivity index is 2.09. The number of aromatic amines is 1. The fraction of sp³-hybridized carbons (Fsp3) is 0.750. The van der Waals surface area contributed by atoms with Crippen molar-refractivity contribution in [3.05, 3.63) is 11.6 Å². The normalized spacial score (nSPS) is 17.1. The summed E-state index contributed by atoms with van der Waals surface area (Å²) in [5.41, 5.74) is 0. The average molecular weight is 236 g/mol. The van der Waals surface area contributed by atoms with Crippen LogP contribution in [0.4, 0.5) is 0 Å². The third kappa shape index (κ3) is 2.65. The number of nitrogens with one attached hydrogen (secondary N) is 1. The minimum Gasteiger partial charge on any atom is -0.333 e. The lowest BCUT2D eigenvalue weighted by molar-refractivity contribution is 0.0635. The van der Waals surface area contributed by atoms with Gasteiger partial charge < -0.3 is 4.90 Å². The minimum atomic E-state index is -0.0382. The van der Waals surface area contributed by atoms with E-state index in [4.69, 9.17) is 0 Å². The van der Waals surface area contributed by atoms with Gasteiger partial charge in [-0.05, 0) is 26.7 Å². The molecule has 0 atom stereocenters. The molecule has 1 aliphatic rings. The Kier molecular flexibility index (Phi) is 3.76. The molecule has 0 unspecified atom stereocenters. The molecule has 17 heavy (non-hydrogen) atoms. The molecule has 1 N–H and O–H groups in total. The highest BCUT2D eigenvalue weighted by Gasteiger charge is 2.26. The lowest BCUT2D eigenvalue weighted by atomic mass is 9.94. The van der Waals surface area contributed by atoms with Gasteiger partial charge in [-0.1, -0.05) is 19.3 Å². The standard InChI is InChI=1S/C12H20N4O/c1-3-16(10-7-5-4-6-8-10)12(17)11-13-9(2)14-15-11/h10H,3-8H2,1-2H3,(H,13,14,15). The second-order valence-corrected chi connectivity index (χ2v) is 4.63. The van der Waals surface area contributed by atoms with E-state index in [1.807, 2.05) is 11.8 Å². The molecule has 1 aliphatic carbocycles. The number of amides is 1. The maximum absolute atomic E-state index is 12.3. The number of hydrogen-bond donors (Lipinski definition) is 1. The van der Waals surface area contributed by atoms with Gasteiger partial charge in [0.05, 0.1) is 0 Å². The van der Waals surface area contributed by atoms with Crippen LogP contribution in [0.25, 0.3) is 0 Å². The fourth-order valence-electron chi connectivity index (χ4n) is 2.53. The highest BCUT2D eigenvalue weighted by molar-refractivity contribution is 5.90. The molecule has 94 valence electrons. The van der Waals surface area contributed by atoms with Gasteiger partial charge in [0.15, 0.2) is 0 Å². The molecular formula is C12H20N4O. The summed E-state index contributed by atoms with van der Waals surface area (Å²) in [4.78, 5) is 18.3. The molecule has 1 heterocycles. The molecule has 0 radical (unpaired) electrons. The van der Waals surface area contributed by atoms with Crippen molar-refractivity contribution in [3.8, 4) is 0 Å². The second kappa shape index (κ2) is 5.29. The fourth-order valence-corrected chi connectivity index (χ4v) is 2.53. The van der Waals surface area contributed by atoms with Gasteiger partial charge in [0.25, 0.3) is 5.91 Å². The van der Waals surface area contributed by atoms with Crippen molar-refractivity contribution in [3.63, 3.8) is 0 Å². The predicted molar refractivity (Wildman–Crippen MR) is 64.7 cm³/mol. The Morgan fingerprint density at radius 3 is 2.65 bits per heavy atom. The maximum atomic E-state index is 12.3. The summed E-state index contributed by atoms with van der Waals surface area (Å²) >= 11 is 0. The molecule has 1 aromatic heterocycles. The number of rotatable bonds is 3. The quantitative estimate of drug-likeness (QED) is 0.872. The molecule has 0 bridgehead atoms. The maximum Gasteiger partial charge on any atom is 0.293 e. The van der Waals surface area contributed by atoms with Crippen LogP contribution in [-0.2, 0) is 0 Å². The molecule has 0 spiro atoms. The number of carbonyl (C=O) groups excluding carboxylic acids is 1. The van der Waals surface area contributed by atoms with Gasteiger partial charge in [0.2, 0.25) is 5.82 Å². The number of hydrogen-bond acceptors (Lipinski definition) is 3. The first-order chi connectivity index (χ1) is 8.22. The monoisotopic (exact) mass is 236 g/mol. The molecule has 1 amide bonds. The first-order valence-corrected chi connectivity index (χ1v) is 6.42. The van der Waals surface area contributed by atoms with E-state index in [9.17, 15) is 4.79 Å². The zero-order chi connectivity index (χ0) is 12.3. The van der Waals surface area contributed by atoms with E-state index in [1.165, 1.54) is 19.3 Å². The highest BCUT2D eigenvalue weighted by atomic mass is 16.2. The summed E-state index contributed by atoms with van der Waals surface area (Å²) in [7, 11) is 0. The molecule has 1 aromatic rings. The molecule has 5 nitrogen and oxygen atoms in total. The van der Waals surface area contributed by atoms with E-state index in [-0.39, 0.29) is 5.91 Å². The van der Waals surface area contributed by atoms with Crippen molar-refractivity contribution in [2.75, 3.05) is 6.54 Å². The van der Waals surface area contributed by atoms with E-state index in [0.29, 0.717) is 17.7 Å². The van der Waals surface area contributed by atoms with Crippen LogP contribution >= 0.6 is 0 Å². The second-order valence-electron chi connectivity index (χ2n) is 4.63. The van der Waals surface area contributed by atoms with E-state index in [0.717, 1.165) is 19.4 Å². The van der Waals surface area contributed by atoms with Crippen LogP contribution < -0.4 is 0 Å². The largest absolute Gasteiger partial charge is 0.333 e. The zero-order valence-corrected chi connectivity index (χ0v) is 10.6. The number of nitrogens with zero attached hydrogens (tertiary/aromatic N) is 3. The Morgan fingerprint density at radius 2 is 2.12 bits per heavy atom. The number of carbonyl (C=O) groups is 1. The van der Waals surface area contributed by atoms with Crippen molar-refractivity contribution < 1.29 is 4.79 Å². The van der Waals surface area contributed by atoms with Gasteiger partial charge in [0.1, 0.15) is 5.82 Å². The molecule has 1 saturated carbocycles. The Bertz CT molecular complexity index is 382. The first kappa shape index (κ1) is 12.1. The summed E-state index contributed by atoms with van der Waals surface area (Å²) in [6, 6.07) is 0.375. The van der Waals surface area contributed by atoms with Crippen LogP contribution in [0, 0.1) is 6.92 Å². The average Bonchev–Trinajstić information content (AvgIpc) is 2.78. The van der Waals surface area contributed by atoms with Crippen LogP contribution in [0.3, 0.4) is 0 Å². The van der Waals surface area contributed by atoms with E-state index in [1.54, 1.807) is 6.92 Å². The van der Waals surface area contributed by atoms with E-state index < -0.39 is 0 Å². The van der Waals surface area contributed by atoms with Gasteiger partial charge in [-0.3, -0.25) is 9.89 Å². The Morgan fingerprint density at radius 1 is 1.41 bits per heavy atom. The number of aryl methyl sites for hydroxylation is 1. The predicted octanol–water partition coefficient (Wildman–Crippen LogP) is 1.91. The molecule has 0 saturated heterocycles. The van der Waals surface area contributed by atoms with Crippen LogP contribution in [0.15, 0.2) is 0 Å². The first-order valence-electron chi connectivity index (χ1n) is 6.42. The molecular weight excluding hydrogens is 216 g/mol. The summed E-state index contributed by atoms with van der Waals surface area (Å²) in [5, 5.41) is 6.67. The molecule has 0 aromatic carbocycles. The topological polar surface area (TPSA) is 61.9 Å². The number of H-pyrrole nitrogens is 1. The third-order valence-corrected chi connectivity index (χ3v) is 3.41. The smallest absolute Gasteiger partial charge is 0.293 e. The lowest BCUT2D eigenvalue weighted by Crippen LogP contribution is -2.41. The SMILES string of the molecule is CCN(C(=O)c1n[nH]c(C)n1)C1CCCCC1. The minimum absolute atomic E-state index is 0.0382. The van der Waals surface area contributed by atoms with E-state index in [2.05, 4.69) is 15.2 Å². The van der Waals surface area contributed by atoms with Crippen LogP contribution in [-0.4, -0.2) is 38.6 Å². The van der Waals surface area contributed by atoms with E-state index >= 15 is 0 Å². The van der Waals surface area contributed by atoms with Gasteiger partial charge in [-0.15, -0.1) is 5.10 Å². The van der Waals surface area contributed by atoms with Crippen molar-refractivity contribution >= 4 is 5.91 Å². The van der Waals surface area contributed by atoms with Crippen molar-refractivity contribution in [1.82, 2.24) is 20.1 Å². The van der Waals surface area contributed by atoms with Gasteiger partial charge in [-0.25, -0.2) is 4.98 Å². The van der Waals surface area contributed by atoms with Crippen LogP contribution in [0.5, 0.6) is 0 Å². The highest BCUT2D eigenvalue weighted by Crippen LogP contribution is 2.23. The van der Waals surface area contributed by atoms with Crippen LogP contribution in [0.2, 0.25) is 0 Å². The van der Waals surface area contributed by atoms with Crippen molar-refractivity contribution in [2.24, 2.45) is 0 Å². The van der Waals surface area contributed by atoms with Crippen molar-refractivity contribution in [1.29, 1.82) is 0 Å². The summed E-state index contributed by atoms with van der Waals surface area (Å²) in [6.07, 6.45) is 5.97. The molecule has 1 fully saturated rings. The summed E-state index contributed by atoms with van der Waals surface area (Å²) < 4.78 is 0. The molecule has 2 rings (SSSR count). The Hall–Kier alpha value is -1.39. The lowest BCUT2D eigenvalue weighted by Gasteiger charge is -2.32. The molecule has 5 heteroatoms. The zero-order valence-electron chi connectivity index (χ0n) is 10.6. The summed E-state index contributed by atoms with van der Waals surface area (Å²) in [5.74, 6) is 0.951. The van der Waals surface area contributed by atoms with Crippen molar-refractivity contribution in [2.45, 2.75) is 52.0 Å².